The monoisotopic (exact) mass is 444 g/mol. The van der Waals surface area contributed by atoms with Crippen LogP contribution in [0.5, 0.6) is 0 Å². The molecule has 0 bridgehead atoms. The van der Waals surface area contributed by atoms with Gasteiger partial charge in [-0.25, -0.2) is 13.2 Å². The van der Waals surface area contributed by atoms with Crippen molar-refractivity contribution in [1.82, 2.24) is 4.72 Å². The minimum absolute atomic E-state index is 0.0444. The quantitative estimate of drug-likeness (QED) is 0.227. The molecule has 1 unspecified atom stereocenters. The third-order valence-corrected chi connectivity index (χ3v) is 6.06. The van der Waals surface area contributed by atoms with Gasteiger partial charge in [0.2, 0.25) is 0 Å². The second-order valence-corrected chi connectivity index (χ2v) is 8.54. The van der Waals surface area contributed by atoms with Gasteiger partial charge >= 0.3 is 0 Å². The molecule has 0 amide bonds. The number of aliphatic hydroxyl groups is 2. The maximum absolute atomic E-state index is 14.7. The predicted molar refractivity (Wildman–Crippen MR) is 113 cm³/mol. The van der Waals surface area contributed by atoms with Crippen LogP contribution in [0.2, 0.25) is 0 Å². The molecule has 0 heterocycles. The van der Waals surface area contributed by atoms with Crippen molar-refractivity contribution in [2.75, 3.05) is 19.0 Å². The lowest BCUT2D eigenvalue weighted by Gasteiger charge is -2.23. The molecule has 1 atom stereocenters. The molecule has 1 aromatic rings. The van der Waals surface area contributed by atoms with Crippen molar-refractivity contribution in [3.63, 3.8) is 0 Å². The number of aliphatic hydroxyl groups excluding tert-OH is 2. The van der Waals surface area contributed by atoms with E-state index in [1.54, 1.807) is 19.9 Å². The predicted octanol–water partition coefficient (Wildman–Crippen LogP) is 4.60. The van der Waals surface area contributed by atoms with Crippen LogP contribution in [0.15, 0.2) is 53.6 Å². The Hall–Kier alpha value is -2.10. The Labute approximate surface area is 178 Å². The van der Waals surface area contributed by atoms with E-state index >= 15 is 0 Å². The Balaban J connectivity index is 2.36. The van der Waals surface area contributed by atoms with Crippen molar-refractivity contribution in [1.29, 1.82) is 0 Å². The number of hydrogen-bond donors (Lipinski definition) is 4. The average Bonchev–Trinajstić information content (AvgIpc) is 3.47. The number of ether oxygens (including phenoxy) is 1. The molecule has 0 spiro atoms. The smallest absolute Gasteiger partial charge is 0.183 e. The molecular weight excluding hydrogens is 417 g/mol. The van der Waals surface area contributed by atoms with Crippen LogP contribution in [0.1, 0.15) is 31.7 Å². The molecule has 0 saturated heterocycles. The highest BCUT2D eigenvalue weighted by Gasteiger charge is 2.45. The van der Waals surface area contributed by atoms with Crippen LogP contribution in [-0.4, -0.2) is 34.8 Å². The Morgan fingerprint density at radius 1 is 1.33 bits per heavy atom. The van der Waals surface area contributed by atoms with Crippen LogP contribution >= 0.6 is 11.9 Å². The van der Waals surface area contributed by atoms with Crippen LogP contribution in [-0.2, 0) is 4.74 Å². The lowest BCUT2D eigenvalue weighted by molar-refractivity contribution is 0.0864. The van der Waals surface area contributed by atoms with Gasteiger partial charge < -0.3 is 25.0 Å². The van der Waals surface area contributed by atoms with Crippen LogP contribution in [0.4, 0.5) is 18.9 Å². The lowest BCUT2D eigenvalue weighted by Crippen LogP contribution is -2.25. The molecule has 1 aliphatic carbocycles. The fraction of sp³-hybridized carbons (Fsp3) is 0.429. The zero-order valence-electron chi connectivity index (χ0n) is 17.2. The molecule has 0 radical (unpaired) electrons. The molecular formula is C21H27F3N2O3S. The van der Waals surface area contributed by atoms with E-state index in [1.807, 2.05) is 0 Å². The third-order valence-electron chi connectivity index (χ3n) is 4.75. The molecule has 1 saturated carbocycles. The summed E-state index contributed by atoms with van der Waals surface area (Å²) in [5.41, 5.74) is 0.339. The number of allylic oxidation sites excluding steroid dienone is 3. The number of hydrogen-bond acceptors (Lipinski definition) is 6. The van der Waals surface area contributed by atoms with E-state index in [9.17, 15) is 18.3 Å². The number of rotatable bonds is 11. The summed E-state index contributed by atoms with van der Waals surface area (Å²) >= 11 is 1.21. The highest BCUT2D eigenvalue weighted by molar-refractivity contribution is 7.99. The Morgan fingerprint density at radius 3 is 2.50 bits per heavy atom. The van der Waals surface area contributed by atoms with Gasteiger partial charge in [0.05, 0.1) is 25.5 Å². The van der Waals surface area contributed by atoms with Gasteiger partial charge in [-0.15, -0.1) is 0 Å². The summed E-state index contributed by atoms with van der Waals surface area (Å²) in [6, 6.07) is 4.33. The van der Waals surface area contributed by atoms with E-state index in [2.05, 4.69) is 16.6 Å². The van der Waals surface area contributed by atoms with E-state index in [4.69, 9.17) is 9.84 Å². The van der Waals surface area contributed by atoms with Crippen molar-refractivity contribution >= 4 is 17.6 Å². The molecule has 2 rings (SSSR count). The minimum atomic E-state index is -1.32. The minimum Gasteiger partial charge on any atom is -0.499 e. The van der Waals surface area contributed by atoms with Gasteiger partial charge in [0.25, 0.3) is 0 Å². The fourth-order valence-corrected chi connectivity index (χ4v) is 3.91. The van der Waals surface area contributed by atoms with Gasteiger partial charge in [-0.1, -0.05) is 12.6 Å². The number of aryl methyl sites for hydroxylation is 1. The first kappa shape index (κ1) is 24.2. The SMILES string of the molecule is C=C(F)/C(F)=C(Nc1ccc(C)cc1F)\C(NSC1(CC(O)CO)CC1)=C(/C)OC. The average molecular weight is 445 g/mol. The first-order chi connectivity index (χ1) is 14.1. The molecule has 1 aromatic carbocycles. The van der Waals surface area contributed by atoms with Crippen molar-refractivity contribution in [3.8, 4) is 0 Å². The molecule has 1 fully saturated rings. The Kier molecular flexibility index (Phi) is 8.28. The number of methoxy groups -OCH3 is 1. The van der Waals surface area contributed by atoms with E-state index < -0.39 is 23.6 Å². The lowest BCUT2D eigenvalue weighted by atomic mass is 10.2. The molecule has 9 heteroatoms. The highest BCUT2D eigenvalue weighted by atomic mass is 32.2. The first-order valence-electron chi connectivity index (χ1n) is 9.38. The molecule has 1 aliphatic rings. The summed E-state index contributed by atoms with van der Waals surface area (Å²) < 4.78 is 50.7. The second-order valence-electron chi connectivity index (χ2n) is 7.27. The van der Waals surface area contributed by atoms with Crippen molar-refractivity contribution in [2.45, 2.75) is 44.0 Å². The topological polar surface area (TPSA) is 73.8 Å². The normalized spacial score (nSPS) is 17.5. The molecule has 30 heavy (non-hydrogen) atoms. The maximum Gasteiger partial charge on any atom is 0.183 e. The van der Waals surface area contributed by atoms with Gasteiger partial charge in [0.1, 0.15) is 23.0 Å². The van der Waals surface area contributed by atoms with Gasteiger partial charge in [-0.05, 0) is 62.8 Å². The number of nitrogens with one attached hydrogen (secondary N) is 2. The van der Waals surface area contributed by atoms with Gasteiger partial charge in [0, 0.05) is 4.75 Å². The second kappa shape index (κ2) is 10.3. The summed E-state index contributed by atoms with van der Waals surface area (Å²) in [7, 11) is 1.37. The summed E-state index contributed by atoms with van der Waals surface area (Å²) in [5, 5.41) is 21.5. The van der Waals surface area contributed by atoms with Crippen LogP contribution in [0.3, 0.4) is 0 Å². The first-order valence-corrected chi connectivity index (χ1v) is 10.2. The number of halogens is 3. The molecule has 5 nitrogen and oxygen atoms in total. The van der Waals surface area contributed by atoms with E-state index in [0.717, 1.165) is 12.8 Å². The zero-order valence-corrected chi connectivity index (χ0v) is 18.0. The molecule has 4 N–H and O–H groups in total. The van der Waals surface area contributed by atoms with Crippen LogP contribution in [0, 0.1) is 12.7 Å². The van der Waals surface area contributed by atoms with Crippen molar-refractivity contribution < 1.29 is 28.1 Å². The summed E-state index contributed by atoms with van der Waals surface area (Å²) in [4.78, 5) is 0. The summed E-state index contributed by atoms with van der Waals surface area (Å²) in [5.74, 6) is -3.02. The van der Waals surface area contributed by atoms with E-state index in [1.165, 1.54) is 31.2 Å². The van der Waals surface area contributed by atoms with Crippen molar-refractivity contribution in [2.24, 2.45) is 0 Å². The highest BCUT2D eigenvalue weighted by Crippen LogP contribution is 2.51. The molecule has 166 valence electrons. The summed E-state index contributed by atoms with van der Waals surface area (Å²) in [6.07, 6.45) is 1.00. The molecule has 0 aliphatic heterocycles. The number of anilines is 1. The van der Waals surface area contributed by atoms with Gasteiger partial charge in [-0.2, -0.15) is 0 Å². The van der Waals surface area contributed by atoms with E-state index in [0.29, 0.717) is 12.0 Å². The molecule has 0 aromatic heterocycles. The van der Waals surface area contributed by atoms with Gasteiger partial charge in [-0.3, -0.25) is 0 Å². The maximum atomic E-state index is 14.7. The number of benzene rings is 1. The largest absolute Gasteiger partial charge is 0.499 e. The van der Waals surface area contributed by atoms with E-state index in [-0.39, 0.29) is 34.2 Å². The van der Waals surface area contributed by atoms with Crippen LogP contribution in [0.25, 0.3) is 0 Å². The summed E-state index contributed by atoms with van der Waals surface area (Å²) in [6.45, 7) is 5.90. The Morgan fingerprint density at radius 2 is 2.00 bits per heavy atom. The van der Waals surface area contributed by atoms with Crippen molar-refractivity contribution in [3.05, 3.63) is 65.0 Å². The van der Waals surface area contributed by atoms with Gasteiger partial charge in [0.15, 0.2) is 11.7 Å². The van der Waals surface area contributed by atoms with Crippen LogP contribution < -0.4 is 10.0 Å². The standard InChI is InChI=1S/C21H27F3N2O3S/c1-12-5-6-17(16(23)9-12)25-20(18(24)13(2)22)19(14(3)29-4)26-30-21(7-8-21)10-15(28)11-27/h5-6,9,15,25-28H,2,7-8,10-11H2,1,3-4H3/b19-14-,20-18-. The third kappa shape index (κ3) is 6.20. The zero-order chi connectivity index (χ0) is 22.5. The fourth-order valence-electron chi connectivity index (χ4n) is 2.76. The Bertz CT molecular complexity index is 854.